The number of anilines is 2. The Hall–Kier alpha value is -6.93. The smallest absolute Gasteiger partial charge is 0.319 e. The number of carbonyl (C=O) groups is 1. The number of fused-ring (bicyclic) bond motifs is 2. The molecule has 1 aliphatic carbocycles. The van der Waals surface area contributed by atoms with Crippen molar-refractivity contribution in [2.45, 2.75) is 64.6 Å². The lowest BCUT2D eigenvalue weighted by Crippen LogP contribution is -2.55. The molecular formula is C53H58ClN11O5. The third-order valence-corrected chi connectivity index (χ3v) is 14.8. The van der Waals surface area contributed by atoms with Gasteiger partial charge in [0.1, 0.15) is 17.3 Å². The van der Waals surface area contributed by atoms with Gasteiger partial charge in [-0.25, -0.2) is 4.57 Å². The number of hydrogen-bond acceptors (Lipinski definition) is 14. The Kier molecular flexibility index (Phi) is 13.0. The average molecular weight is 965 g/mol. The number of aromatic hydroxyl groups is 3. The number of hydrogen-bond donors (Lipinski definition) is 3. The van der Waals surface area contributed by atoms with Crippen molar-refractivity contribution >= 4 is 39.8 Å². The summed E-state index contributed by atoms with van der Waals surface area (Å²) in [5.74, 6) is 0.770. The number of rotatable bonds is 14. The maximum absolute atomic E-state index is 12.8. The van der Waals surface area contributed by atoms with Crippen LogP contribution in [0.4, 0.5) is 11.5 Å². The van der Waals surface area contributed by atoms with Gasteiger partial charge < -0.3 is 39.7 Å². The van der Waals surface area contributed by atoms with Gasteiger partial charge in [0.2, 0.25) is 5.91 Å². The van der Waals surface area contributed by atoms with Crippen molar-refractivity contribution in [2.24, 2.45) is 5.41 Å². The zero-order valence-corrected chi connectivity index (χ0v) is 40.4. The van der Waals surface area contributed by atoms with Gasteiger partial charge in [-0.1, -0.05) is 73.5 Å². The standard InChI is InChI=1S/C53H58ClN11O5/c1-4-47(68)64-26-25-63(30-38(64)15-19-55)49-39-16-20-62(44-10-6-8-36-7-5-9-42(54)48(36)44)31-43(39)56-51(57-49)70-33-53(17-18-53)32-61-23-21-60(22-24-61)29-35-11-13-37(14-12-35)65-50(58-59-52(65)69)41-27-40(34(2)3)45(66)28-46(41)67/h4-14,27-28,34,38,66-67H,1,15-18,20-26,29-33H2,2-3H3,(H,59,69)/t38-/m0/s1. The summed E-state index contributed by atoms with van der Waals surface area (Å²) < 4.78 is 8.15. The van der Waals surface area contributed by atoms with Crippen LogP contribution in [-0.2, 0) is 24.3 Å². The quantitative estimate of drug-likeness (QED) is 0.0917. The predicted molar refractivity (Wildman–Crippen MR) is 269 cm³/mol. The molecule has 3 aliphatic heterocycles. The van der Waals surface area contributed by atoms with Gasteiger partial charge in [-0.15, -0.1) is 5.10 Å². The van der Waals surface area contributed by atoms with Crippen LogP contribution in [-0.4, -0.2) is 132 Å². The van der Waals surface area contributed by atoms with Gasteiger partial charge in [-0.3, -0.25) is 9.69 Å². The van der Waals surface area contributed by atoms with E-state index in [1.54, 1.807) is 11.0 Å². The van der Waals surface area contributed by atoms with Crippen LogP contribution in [0.2, 0.25) is 5.02 Å². The number of nitrogens with zero attached hydrogens (tertiary/aromatic N) is 11. The fraction of sp³-hybridized carbons (Fsp3) is 0.396. The van der Waals surface area contributed by atoms with Crippen LogP contribution in [0.1, 0.15) is 61.4 Å². The summed E-state index contributed by atoms with van der Waals surface area (Å²) in [4.78, 5) is 34.4. The molecule has 3 N–H and O–H groups in total. The Morgan fingerprint density at radius 2 is 1.69 bits per heavy atom. The zero-order valence-electron chi connectivity index (χ0n) is 39.6. The van der Waals surface area contributed by atoms with E-state index in [2.05, 4.69) is 66.7 Å². The summed E-state index contributed by atoms with van der Waals surface area (Å²) in [7, 11) is 0. The van der Waals surface area contributed by atoms with E-state index in [9.17, 15) is 25.4 Å². The van der Waals surface area contributed by atoms with E-state index < -0.39 is 0 Å². The number of piperazine rings is 2. The van der Waals surface area contributed by atoms with Crippen molar-refractivity contribution < 1.29 is 24.9 Å². The minimum Gasteiger partial charge on any atom is -0.508 e. The fourth-order valence-corrected chi connectivity index (χ4v) is 10.7. The van der Waals surface area contributed by atoms with Crippen molar-refractivity contribution in [2.75, 3.05) is 75.3 Å². The molecule has 10 rings (SSSR count). The number of ether oxygens (including phenoxy) is 1. The summed E-state index contributed by atoms with van der Waals surface area (Å²) in [5, 5.41) is 52.5. The van der Waals surface area contributed by atoms with E-state index >= 15 is 0 Å². The second-order valence-electron chi connectivity index (χ2n) is 19.5. The molecule has 1 atom stereocenters. The second-order valence-corrected chi connectivity index (χ2v) is 19.9. The monoisotopic (exact) mass is 963 g/mol. The number of aromatic nitrogens is 5. The normalized spacial score (nSPS) is 18.2. The number of carbonyl (C=O) groups excluding carboxylic acids is 1. The van der Waals surface area contributed by atoms with Crippen LogP contribution in [0.25, 0.3) is 27.8 Å². The topological polar surface area (TPSA) is 183 Å². The van der Waals surface area contributed by atoms with Gasteiger partial charge in [-0.2, -0.15) is 15.2 Å². The maximum Gasteiger partial charge on any atom is 0.319 e. The van der Waals surface area contributed by atoms with Gasteiger partial charge in [0.15, 0.2) is 5.82 Å². The number of nitriles is 1. The molecule has 5 heterocycles. The first-order chi connectivity index (χ1) is 33.9. The minimum absolute atomic E-state index is 0.000973. The first-order valence-electron chi connectivity index (χ1n) is 24.1. The van der Waals surface area contributed by atoms with Gasteiger partial charge in [0.05, 0.1) is 53.7 Å². The van der Waals surface area contributed by atoms with E-state index in [-0.39, 0.29) is 53.0 Å². The predicted octanol–water partition coefficient (Wildman–Crippen LogP) is 7.43. The first-order valence-corrected chi connectivity index (χ1v) is 24.5. The second kappa shape index (κ2) is 19.5. The third kappa shape index (κ3) is 9.41. The molecule has 0 unspecified atom stereocenters. The Bertz CT molecular complexity index is 2970. The molecule has 1 amide bonds. The van der Waals surface area contributed by atoms with Crippen molar-refractivity contribution in [1.29, 1.82) is 5.26 Å². The number of phenols is 2. The largest absolute Gasteiger partial charge is 0.508 e. The van der Waals surface area contributed by atoms with Crippen LogP contribution >= 0.6 is 11.6 Å². The van der Waals surface area contributed by atoms with E-state index in [4.69, 9.17) is 26.3 Å². The number of phenolic OH excluding ortho intramolecular Hbond substituents is 2. The van der Waals surface area contributed by atoms with Crippen molar-refractivity contribution in [1.82, 2.24) is 39.4 Å². The summed E-state index contributed by atoms with van der Waals surface area (Å²) in [6.07, 6.45) is 4.38. The zero-order chi connectivity index (χ0) is 48.7. The molecular weight excluding hydrogens is 906 g/mol. The summed E-state index contributed by atoms with van der Waals surface area (Å²) >= 11 is 6.81. The highest BCUT2D eigenvalue weighted by atomic mass is 35.5. The Labute approximate surface area is 412 Å². The molecule has 1 saturated carbocycles. The Morgan fingerprint density at radius 3 is 2.41 bits per heavy atom. The molecule has 3 fully saturated rings. The van der Waals surface area contributed by atoms with E-state index in [1.165, 1.54) is 16.7 Å². The first kappa shape index (κ1) is 46.8. The molecule has 4 aliphatic rings. The molecule has 6 aromatic rings. The van der Waals surface area contributed by atoms with Crippen LogP contribution < -0.4 is 14.5 Å². The fourth-order valence-electron chi connectivity index (χ4n) is 10.4. The highest BCUT2D eigenvalue weighted by Crippen LogP contribution is 2.47. The number of amides is 1. The summed E-state index contributed by atoms with van der Waals surface area (Å²) in [6, 6.07) is 25.2. The van der Waals surface area contributed by atoms with Gasteiger partial charge >= 0.3 is 12.0 Å². The Balaban J connectivity index is 0.802. The van der Waals surface area contributed by atoms with Crippen LogP contribution in [0.5, 0.6) is 23.5 Å². The maximum atomic E-state index is 12.8. The van der Waals surface area contributed by atoms with Crippen LogP contribution in [0, 0.1) is 16.7 Å². The van der Waals surface area contributed by atoms with Crippen molar-refractivity contribution in [3.63, 3.8) is 0 Å². The summed E-state index contributed by atoms with van der Waals surface area (Å²) in [6.45, 7) is 16.3. The molecule has 0 bridgehead atoms. The lowest BCUT2D eigenvalue weighted by molar-refractivity contribution is -0.128. The average Bonchev–Trinajstić information content (AvgIpc) is 4.03. The molecule has 2 aromatic heterocycles. The van der Waals surface area contributed by atoms with E-state index in [1.807, 2.05) is 50.2 Å². The third-order valence-electron chi connectivity index (χ3n) is 14.5. The Morgan fingerprint density at radius 1 is 0.929 bits per heavy atom. The highest BCUT2D eigenvalue weighted by molar-refractivity contribution is 6.36. The minimum atomic E-state index is -0.300. The molecule has 16 nitrogen and oxygen atoms in total. The van der Waals surface area contributed by atoms with Crippen molar-refractivity contribution in [3.8, 4) is 46.7 Å². The van der Waals surface area contributed by atoms with Crippen molar-refractivity contribution in [3.05, 3.63) is 113 Å². The highest BCUT2D eigenvalue weighted by Gasteiger charge is 2.45. The van der Waals surface area contributed by atoms with Gasteiger partial charge in [0.25, 0.3) is 0 Å². The van der Waals surface area contributed by atoms with E-state index in [0.29, 0.717) is 67.1 Å². The van der Waals surface area contributed by atoms with Crippen LogP contribution in [0.3, 0.4) is 0 Å². The molecule has 0 radical (unpaired) electrons. The van der Waals surface area contributed by atoms with Gasteiger partial charge in [0, 0.05) is 93.6 Å². The lowest BCUT2D eigenvalue weighted by Gasteiger charge is -2.42. The molecule has 4 aromatic carbocycles. The molecule has 70 heavy (non-hydrogen) atoms. The number of benzene rings is 4. The van der Waals surface area contributed by atoms with E-state index in [0.717, 1.165) is 97.8 Å². The lowest BCUT2D eigenvalue weighted by atomic mass is 9.98. The molecule has 362 valence electrons. The molecule has 17 heteroatoms. The van der Waals surface area contributed by atoms with Crippen LogP contribution in [0.15, 0.2) is 85.5 Å². The summed E-state index contributed by atoms with van der Waals surface area (Å²) in [5.41, 5.74) is 5.85. The number of halogens is 1. The SMILES string of the molecule is C=CC(=O)N1CCN(c2nc(OCC3(CN4CCN(Cc5ccc(-n6c(O)nnc6-c6cc(C(C)C)c(O)cc6O)cc5)CC4)CC3)nc3c2CCN(c2cccc4cccc(Cl)c24)C3)C[C@@H]1CC#N. The van der Waals surface area contributed by atoms with Gasteiger partial charge in [-0.05, 0) is 78.1 Å². The molecule has 0 spiro atoms. The molecule has 2 saturated heterocycles.